The second-order valence-electron chi connectivity index (χ2n) is 5.60. The molecule has 1 aliphatic carbocycles. The molecule has 1 aromatic carbocycles. The zero-order valence-corrected chi connectivity index (χ0v) is 13.0. The molecule has 0 fully saturated rings. The Morgan fingerprint density at radius 2 is 2.22 bits per heavy atom. The van der Waals surface area contributed by atoms with E-state index >= 15 is 0 Å². The molecule has 3 rings (SSSR count). The molecular formula is C16H20N4O3. The Labute approximate surface area is 133 Å². The van der Waals surface area contributed by atoms with Crippen LogP contribution in [0.2, 0.25) is 0 Å². The third-order valence-corrected chi connectivity index (χ3v) is 4.18. The zero-order valence-electron chi connectivity index (χ0n) is 13.0. The van der Waals surface area contributed by atoms with Gasteiger partial charge in [0.1, 0.15) is 11.4 Å². The number of methoxy groups -OCH3 is 1. The fourth-order valence-electron chi connectivity index (χ4n) is 3.10. The first-order chi connectivity index (χ1) is 11.1. The first-order valence-electron chi connectivity index (χ1n) is 7.56. The first kappa shape index (κ1) is 15.4. The highest BCUT2D eigenvalue weighted by atomic mass is 16.5. The second-order valence-corrected chi connectivity index (χ2v) is 5.60. The molecule has 122 valence electrons. The molecule has 0 amide bonds. The van der Waals surface area contributed by atoms with Crippen LogP contribution in [0.1, 0.15) is 28.0 Å². The minimum Gasteiger partial charge on any atom is -0.495 e. The summed E-state index contributed by atoms with van der Waals surface area (Å²) >= 11 is 0. The molecule has 1 aliphatic rings. The number of benzene rings is 1. The number of aromatic carboxylic acids is 1. The molecule has 0 unspecified atom stereocenters. The number of fused-ring (bicyclic) bond motifs is 3. The lowest BCUT2D eigenvalue weighted by Gasteiger charge is -2.17. The van der Waals surface area contributed by atoms with Gasteiger partial charge in [-0.15, -0.1) is 0 Å². The van der Waals surface area contributed by atoms with E-state index in [0.717, 1.165) is 23.1 Å². The van der Waals surface area contributed by atoms with Gasteiger partial charge in [-0.2, -0.15) is 5.10 Å². The number of carboxylic acid groups (broad SMARTS) is 1. The van der Waals surface area contributed by atoms with Crippen LogP contribution in [0.5, 0.6) is 5.75 Å². The summed E-state index contributed by atoms with van der Waals surface area (Å²) in [5.41, 5.74) is 15.8. The molecule has 1 heterocycles. The number of nitrogens with two attached hydrogens (primary N) is 2. The van der Waals surface area contributed by atoms with Gasteiger partial charge < -0.3 is 21.3 Å². The van der Waals surface area contributed by atoms with Crippen molar-refractivity contribution in [2.75, 3.05) is 19.4 Å². The van der Waals surface area contributed by atoms with Crippen LogP contribution in [-0.4, -0.2) is 34.5 Å². The Hall–Kier alpha value is -2.54. The molecule has 0 atom stereocenters. The smallest absolute Gasteiger partial charge is 0.354 e. The molecule has 0 spiro atoms. The van der Waals surface area contributed by atoms with Crippen molar-refractivity contribution in [2.45, 2.75) is 25.8 Å². The van der Waals surface area contributed by atoms with Crippen molar-refractivity contribution >= 4 is 11.7 Å². The van der Waals surface area contributed by atoms with Crippen LogP contribution in [0, 0.1) is 0 Å². The minimum atomic E-state index is -0.958. The van der Waals surface area contributed by atoms with Gasteiger partial charge in [0.05, 0.1) is 18.5 Å². The molecule has 0 aliphatic heterocycles. The van der Waals surface area contributed by atoms with Crippen LogP contribution in [0.3, 0.4) is 0 Å². The molecule has 7 nitrogen and oxygen atoms in total. The van der Waals surface area contributed by atoms with Gasteiger partial charge >= 0.3 is 5.97 Å². The number of anilines is 1. The van der Waals surface area contributed by atoms with Gasteiger partial charge in [-0.05, 0) is 43.5 Å². The summed E-state index contributed by atoms with van der Waals surface area (Å²) in [4.78, 5) is 11.7. The molecule has 7 heteroatoms. The predicted molar refractivity (Wildman–Crippen MR) is 86.7 cm³/mol. The predicted octanol–water partition coefficient (Wildman–Crippen LogP) is 1.29. The number of nitrogens with zero attached hydrogens (tertiary/aromatic N) is 2. The molecule has 0 radical (unpaired) electrons. The standard InChI is InChI=1S/C16H20N4O3/c1-23-13-7-9-3-4-10-14(11(9)8-12(13)18)19-20(6-2-5-17)15(10)16(21)22/h7-8H,2-6,17-18H2,1H3,(H,21,22). The highest BCUT2D eigenvalue weighted by Crippen LogP contribution is 2.39. The lowest BCUT2D eigenvalue weighted by molar-refractivity contribution is 0.0681. The molecule has 0 saturated carbocycles. The molecule has 0 saturated heterocycles. The number of aromatic nitrogens is 2. The monoisotopic (exact) mass is 316 g/mol. The summed E-state index contributed by atoms with van der Waals surface area (Å²) in [5.74, 6) is -0.325. The highest BCUT2D eigenvalue weighted by Gasteiger charge is 2.28. The average Bonchev–Trinajstić information content (AvgIpc) is 2.91. The van der Waals surface area contributed by atoms with E-state index in [1.54, 1.807) is 11.8 Å². The van der Waals surface area contributed by atoms with Gasteiger partial charge in [0.2, 0.25) is 0 Å². The number of aryl methyl sites for hydroxylation is 2. The molecule has 23 heavy (non-hydrogen) atoms. The van der Waals surface area contributed by atoms with Crippen molar-refractivity contribution in [3.8, 4) is 17.0 Å². The van der Waals surface area contributed by atoms with Crippen molar-refractivity contribution in [3.63, 3.8) is 0 Å². The van der Waals surface area contributed by atoms with Crippen LogP contribution in [-0.2, 0) is 19.4 Å². The molecule has 1 aromatic heterocycles. The van der Waals surface area contributed by atoms with Gasteiger partial charge in [-0.3, -0.25) is 4.68 Å². The van der Waals surface area contributed by atoms with E-state index in [1.807, 2.05) is 12.1 Å². The third kappa shape index (κ3) is 2.53. The van der Waals surface area contributed by atoms with Crippen molar-refractivity contribution in [1.29, 1.82) is 0 Å². The number of carbonyl (C=O) groups is 1. The summed E-state index contributed by atoms with van der Waals surface area (Å²) in [5, 5.41) is 14.1. The summed E-state index contributed by atoms with van der Waals surface area (Å²) in [6.45, 7) is 0.983. The number of hydrogen-bond acceptors (Lipinski definition) is 5. The largest absolute Gasteiger partial charge is 0.495 e. The maximum Gasteiger partial charge on any atom is 0.354 e. The summed E-state index contributed by atoms with van der Waals surface area (Å²) in [6.07, 6.45) is 2.06. The zero-order chi connectivity index (χ0) is 16.6. The molecule has 5 N–H and O–H groups in total. The normalized spacial score (nSPS) is 12.6. The molecule has 2 aromatic rings. The number of hydrogen-bond donors (Lipinski definition) is 3. The number of rotatable bonds is 5. The molecule has 0 bridgehead atoms. The number of carboxylic acids is 1. The van der Waals surface area contributed by atoms with Crippen LogP contribution < -0.4 is 16.2 Å². The minimum absolute atomic E-state index is 0.258. The van der Waals surface area contributed by atoms with Gasteiger partial charge in [-0.1, -0.05) is 0 Å². The quantitative estimate of drug-likeness (QED) is 0.716. The number of ether oxygens (including phenoxy) is 1. The topological polar surface area (TPSA) is 116 Å². The van der Waals surface area contributed by atoms with Gasteiger partial charge in [0.25, 0.3) is 0 Å². The van der Waals surface area contributed by atoms with Crippen LogP contribution in [0.25, 0.3) is 11.3 Å². The highest BCUT2D eigenvalue weighted by molar-refractivity contribution is 5.91. The maximum absolute atomic E-state index is 11.7. The lowest BCUT2D eigenvalue weighted by atomic mass is 9.88. The van der Waals surface area contributed by atoms with E-state index in [-0.39, 0.29) is 5.69 Å². The Bertz CT molecular complexity index is 767. The van der Waals surface area contributed by atoms with Crippen molar-refractivity contribution in [2.24, 2.45) is 5.73 Å². The van der Waals surface area contributed by atoms with E-state index in [2.05, 4.69) is 5.10 Å². The van der Waals surface area contributed by atoms with E-state index in [0.29, 0.717) is 43.1 Å². The van der Waals surface area contributed by atoms with Crippen molar-refractivity contribution < 1.29 is 14.6 Å². The van der Waals surface area contributed by atoms with Gasteiger partial charge in [-0.25, -0.2) is 4.79 Å². The van der Waals surface area contributed by atoms with E-state index in [4.69, 9.17) is 16.2 Å². The molecular weight excluding hydrogens is 296 g/mol. The Morgan fingerprint density at radius 1 is 1.43 bits per heavy atom. The van der Waals surface area contributed by atoms with Crippen molar-refractivity contribution in [3.05, 3.63) is 29.0 Å². The maximum atomic E-state index is 11.7. The Balaban J connectivity index is 2.15. The lowest BCUT2D eigenvalue weighted by Crippen LogP contribution is -2.14. The first-order valence-corrected chi connectivity index (χ1v) is 7.56. The van der Waals surface area contributed by atoms with E-state index in [9.17, 15) is 9.90 Å². The van der Waals surface area contributed by atoms with E-state index in [1.165, 1.54) is 0 Å². The van der Waals surface area contributed by atoms with Crippen LogP contribution >= 0.6 is 0 Å². The third-order valence-electron chi connectivity index (χ3n) is 4.18. The second kappa shape index (κ2) is 5.92. The average molecular weight is 316 g/mol. The summed E-state index contributed by atoms with van der Waals surface area (Å²) < 4.78 is 6.81. The Kier molecular flexibility index (Phi) is 3.96. The fourth-order valence-corrected chi connectivity index (χ4v) is 3.10. The summed E-state index contributed by atoms with van der Waals surface area (Å²) in [6, 6.07) is 3.73. The van der Waals surface area contributed by atoms with Crippen LogP contribution in [0.15, 0.2) is 12.1 Å². The van der Waals surface area contributed by atoms with Gasteiger partial charge in [0.15, 0.2) is 0 Å². The Morgan fingerprint density at radius 3 is 2.87 bits per heavy atom. The van der Waals surface area contributed by atoms with Crippen LogP contribution in [0.4, 0.5) is 5.69 Å². The fraction of sp³-hybridized carbons (Fsp3) is 0.375. The number of nitrogen functional groups attached to an aromatic ring is 1. The SMILES string of the molecule is COc1cc2c(cc1N)-c1nn(CCCN)c(C(=O)O)c1CC2. The van der Waals surface area contributed by atoms with Crippen molar-refractivity contribution in [1.82, 2.24) is 9.78 Å². The summed E-state index contributed by atoms with van der Waals surface area (Å²) in [7, 11) is 1.58. The van der Waals surface area contributed by atoms with Gasteiger partial charge in [0, 0.05) is 17.7 Å². The van der Waals surface area contributed by atoms with E-state index < -0.39 is 5.97 Å².